The molecule has 2 rings (SSSR count). The minimum Gasteiger partial charge on any atom is -0.375 e. The lowest BCUT2D eigenvalue weighted by Gasteiger charge is -2.34. The van der Waals surface area contributed by atoms with Crippen LogP contribution in [0.5, 0.6) is 0 Å². The van der Waals surface area contributed by atoms with Gasteiger partial charge in [-0.2, -0.15) is 0 Å². The second-order valence-electron chi connectivity index (χ2n) is 4.92. The molecule has 0 saturated carbocycles. The smallest absolute Gasteiger partial charge is 0.248 e. The Morgan fingerprint density at radius 3 is 2.71 bits per heavy atom. The third-order valence-corrected chi connectivity index (χ3v) is 4.02. The molecule has 1 aliphatic rings. The fourth-order valence-corrected chi connectivity index (χ4v) is 2.93. The number of rotatable bonds is 5. The van der Waals surface area contributed by atoms with Crippen LogP contribution in [0.2, 0.25) is 0 Å². The molecule has 1 aromatic rings. The van der Waals surface area contributed by atoms with Crippen molar-refractivity contribution in [1.82, 2.24) is 14.8 Å². The van der Waals surface area contributed by atoms with Crippen LogP contribution >= 0.6 is 11.3 Å². The van der Waals surface area contributed by atoms with E-state index in [-0.39, 0.29) is 18.4 Å². The molecule has 8 heteroatoms. The highest BCUT2D eigenvalue weighted by molar-refractivity contribution is 7.13. The maximum Gasteiger partial charge on any atom is 0.248 e. The summed E-state index contributed by atoms with van der Waals surface area (Å²) >= 11 is 1.43. The van der Waals surface area contributed by atoms with Crippen molar-refractivity contribution in [2.24, 2.45) is 0 Å². The molecule has 116 valence electrons. The lowest BCUT2D eigenvalue weighted by Crippen LogP contribution is -2.49. The van der Waals surface area contributed by atoms with E-state index in [0.717, 1.165) is 25.3 Å². The molecule has 1 aromatic heterocycles. The molecule has 21 heavy (non-hydrogen) atoms. The minimum atomic E-state index is -0.110. The summed E-state index contributed by atoms with van der Waals surface area (Å²) in [6, 6.07) is 0. The molecule has 1 saturated heterocycles. The number of anilines is 1. The maximum atomic E-state index is 11.7. The topological polar surface area (TPSA) is 74.8 Å². The van der Waals surface area contributed by atoms with Gasteiger partial charge in [0.25, 0.3) is 0 Å². The number of nitrogens with one attached hydrogen (secondary N) is 1. The highest BCUT2D eigenvalue weighted by Crippen LogP contribution is 2.17. The number of carbonyl (C=O) groups is 2. The summed E-state index contributed by atoms with van der Waals surface area (Å²) in [4.78, 5) is 31.1. The number of hydrogen-bond acceptors (Lipinski definition) is 6. The molecular weight excluding hydrogens is 292 g/mol. The van der Waals surface area contributed by atoms with Crippen molar-refractivity contribution in [3.05, 3.63) is 11.1 Å². The first-order chi connectivity index (χ1) is 10.1. The first kappa shape index (κ1) is 15.9. The molecule has 1 aliphatic heterocycles. The molecule has 2 amide bonds. The predicted octanol–water partition coefficient (Wildman–Crippen LogP) is 0.392. The predicted molar refractivity (Wildman–Crippen MR) is 80.2 cm³/mol. The monoisotopic (exact) mass is 312 g/mol. The summed E-state index contributed by atoms with van der Waals surface area (Å²) in [5, 5.41) is 5.26. The van der Waals surface area contributed by atoms with Crippen LogP contribution in [0.25, 0.3) is 0 Å². The van der Waals surface area contributed by atoms with Crippen LogP contribution in [0.1, 0.15) is 12.6 Å². The van der Waals surface area contributed by atoms with Gasteiger partial charge in [-0.3, -0.25) is 14.5 Å². The highest BCUT2D eigenvalue weighted by atomic mass is 32.1. The van der Waals surface area contributed by atoms with Gasteiger partial charge in [0.15, 0.2) is 5.13 Å². The Kier molecular flexibility index (Phi) is 5.66. The van der Waals surface area contributed by atoms with Crippen LogP contribution in [0, 0.1) is 0 Å². The number of methoxy groups -OCH3 is 1. The summed E-state index contributed by atoms with van der Waals surface area (Å²) in [7, 11) is 1.53. The van der Waals surface area contributed by atoms with Gasteiger partial charge in [-0.25, -0.2) is 4.98 Å². The Balaban J connectivity index is 1.79. The number of aromatic nitrogens is 1. The SMILES string of the molecule is COCC(=O)N1CCN(Cc2csc(NC(C)=O)n2)CC1. The van der Waals surface area contributed by atoms with Gasteiger partial charge in [-0.05, 0) is 0 Å². The first-order valence-electron chi connectivity index (χ1n) is 6.79. The third kappa shape index (κ3) is 4.76. The van der Waals surface area contributed by atoms with E-state index in [1.54, 1.807) is 0 Å². The second kappa shape index (κ2) is 7.48. The lowest BCUT2D eigenvalue weighted by atomic mass is 10.3. The number of nitrogens with zero attached hydrogens (tertiary/aromatic N) is 3. The van der Waals surface area contributed by atoms with Crippen molar-refractivity contribution in [1.29, 1.82) is 0 Å². The van der Waals surface area contributed by atoms with E-state index in [0.29, 0.717) is 18.2 Å². The third-order valence-electron chi connectivity index (χ3n) is 3.21. The van der Waals surface area contributed by atoms with Crippen LogP contribution < -0.4 is 5.32 Å². The first-order valence-corrected chi connectivity index (χ1v) is 7.67. The van der Waals surface area contributed by atoms with Gasteiger partial charge >= 0.3 is 0 Å². The van der Waals surface area contributed by atoms with E-state index in [1.807, 2.05) is 10.3 Å². The Bertz CT molecular complexity index is 497. The molecule has 7 nitrogen and oxygen atoms in total. The van der Waals surface area contributed by atoms with Crippen LogP contribution in [0.4, 0.5) is 5.13 Å². The zero-order chi connectivity index (χ0) is 15.2. The second-order valence-corrected chi connectivity index (χ2v) is 5.77. The number of ether oxygens (including phenoxy) is 1. The van der Waals surface area contributed by atoms with E-state index >= 15 is 0 Å². The Hall–Kier alpha value is -1.51. The molecule has 0 radical (unpaired) electrons. The van der Waals surface area contributed by atoms with Gasteiger partial charge in [0, 0.05) is 52.1 Å². The molecule has 1 N–H and O–H groups in total. The number of thiazole rings is 1. The van der Waals surface area contributed by atoms with E-state index in [9.17, 15) is 9.59 Å². The summed E-state index contributed by atoms with van der Waals surface area (Å²) in [5.74, 6) is -0.0695. The zero-order valence-corrected chi connectivity index (χ0v) is 13.1. The number of hydrogen-bond donors (Lipinski definition) is 1. The molecule has 0 bridgehead atoms. The van der Waals surface area contributed by atoms with Crippen molar-refractivity contribution >= 4 is 28.3 Å². The molecule has 0 unspecified atom stereocenters. The zero-order valence-electron chi connectivity index (χ0n) is 12.3. The van der Waals surface area contributed by atoms with Gasteiger partial charge < -0.3 is 15.0 Å². The Labute approximate surface area is 127 Å². The van der Waals surface area contributed by atoms with Gasteiger partial charge in [0.1, 0.15) is 6.61 Å². The Morgan fingerprint density at radius 2 is 2.10 bits per heavy atom. The molecule has 2 heterocycles. The molecular formula is C13H20N4O3S. The normalized spacial score (nSPS) is 16.0. The highest BCUT2D eigenvalue weighted by Gasteiger charge is 2.21. The minimum absolute atomic E-state index is 0.0405. The molecule has 0 spiro atoms. The standard InChI is InChI=1S/C13H20N4O3S/c1-10(18)14-13-15-11(9-21-13)7-16-3-5-17(6-4-16)12(19)8-20-2/h9H,3-8H2,1-2H3,(H,14,15,18). The molecule has 0 atom stereocenters. The van der Waals surface area contributed by atoms with E-state index in [1.165, 1.54) is 25.4 Å². The van der Waals surface area contributed by atoms with E-state index < -0.39 is 0 Å². The maximum absolute atomic E-state index is 11.7. The van der Waals surface area contributed by atoms with Gasteiger partial charge in [0.05, 0.1) is 5.69 Å². The summed E-state index contributed by atoms with van der Waals surface area (Å²) in [6.45, 7) is 5.42. The molecule has 0 aliphatic carbocycles. The van der Waals surface area contributed by atoms with Crippen molar-refractivity contribution in [3.8, 4) is 0 Å². The Morgan fingerprint density at radius 1 is 1.38 bits per heavy atom. The molecule has 1 fully saturated rings. The van der Waals surface area contributed by atoms with Crippen molar-refractivity contribution < 1.29 is 14.3 Å². The molecule has 0 aromatic carbocycles. The van der Waals surface area contributed by atoms with E-state index in [4.69, 9.17) is 4.74 Å². The summed E-state index contributed by atoms with van der Waals surface area (Å²) in [5.41, 5.74) is 0.945. The average Bonchev–Trinajstić information content (AvgIpc) is 2.86. The fourth-order valence-electron chi connectivity index (χ4n) is 2.19. The summed E-state index contributed by atoms with van der Waals surface area (Å²) in [6.07, 6.45) is 0. The van der Waals surface area contributed by atoms with E-state index in [2.05, 4.69) is 15.2 Å². The van der Waals surface area contributed by atoms with Gasteiger partial charge in [-0.1, -0.05) is 0 Å². The fraction of sp³-hybridized carbons (Fsp3) is 0.615. The van der Waals surface area contributed by atoms with Crippen molar-refractivity contribution in [2.75, 3.05) is 45.2 Å². The average molecular weight is 312 g/mol. The quantitative estimate of drug-likeness (QED) is 0.851. The number of piperazine rings is 1. The van der Waals surface area contributed by atoms with Crippen molar-refractivity contribution in [3.63, 3.8) is 0 Å². The van der Waals surface area contributed by atoms with Crippen LogP contribution in [-0.4, -0.2) is 66.5 Å². The van der Waals surface area contributed by atoms with Crippen LogP contribution in [0.3, 0.4) is 0 Å². The van der Waals surface area contributed by atoms with Crippen molar-refractivity contribution in [2.45, 2.75) is 13.5 Å². The van der Waals surface area contributed by atoms with Gasteiger partial charge in [-0.15, -0.1) is 11.3 Å². The lowest BCUT2D eigenvalue weighted by molar-refractivity contribution is -0.137. The van der Waals surface area contributed by atoms with Gasteiger partial charge in [0.2, 0.25) is 11.8 Å². The number of carbonyl (C=O) groups excluding carboxylic acids is 2. The van der Waals surface area contributed by atoms with Crippen LogP contribution in [0.15, 0.2) is 5.38 Å². The number of amides is 2. The largest absolute Gasteiger partial charge is 0.375 e. The summed E-state index contributed by atoms with van der Waals surface area (Å²) < 4.78 is 4.87. The van der Waals surface area contributed by atoms with Crippen LogP contribution in [-0.2, 0) is 20.9 Å².